The molecule has 0 amide bonds. The highest BCUT2D eigenvalue weighted by atomic mass is 32.2. The first-order valence-electron chi connectivity index (χ1n) is 4.68. The third-order valence-corrected chi connectivity index (χ3v) is 4.60. The van der Waals surface area contributed by atoms with Crippen LogP contribution in [0.1, 0.15) is 26.7 Å². The number of hydrogen-bond acceptors (Lipinski definition) is 3. The van der Waals surface area contributed by atoms with Gasteiger partial charge in [0.05, 0.1) is 11.9 Å². The first-order valence-corrected chi connectivity index (χ1v) is 5.89. The second-order valence-corrected chi connectivity index (χ2v) is 6.23. The molecule has 1 N–H and O–H groups in total. The van der Waals surface area contributed by atoms with E-state index in [9.17, 15) is 9.00 Å². The van der Waals surface area contributed by atoms with Gasteiger partial charge in [-0.15, -0.1) is 0 Å². The molecule has 2 atom stereocenters. The lowest BCUT2D eigenvalue weighted by Gasteiger charge is -2.28. The molecule has 0 spiro atoms. The van der Waals surface area contributed by atoms with E-state index in [1.165, 1.54) is 13.8 Å². The van der Waals surface area contributed by atoms with Crippen molar-refractivity contribution in [3.8, 4) is 0 Å². The predicted octanol–water partition coefficient (Wildman–Crippen LogP) is 0.777. The molecule has 5 heteroatoms. The fraction of sp³-hybridized carbons (Fsp3) is 0.889. The molecule has 0 aromatic carbocycles. The molecule has 1 fully saturated rings. The van der Waals surface area contributed by atoms with Crippen LogP contribution in [0.2, 0.25) is 0 Å². The van der Waals surface area contributed by atoms with Crippen LogP contribution >= 0.6 is 0 Å². The second kappa shape index (κ2) is 4.40. The molecule has 0 saturated carbocycles. The number of hydrogen-bond donors (Lipinski definition) is 1. The molecule has 82 valence electrons. The molecule has 1 aliphatic heterocycles. The summed E-state index contributed by atoms with van der Waals surface area (Å²) < 4.78 is 15.9. The lowest BCUT2D eigenvalue weighted by molar-refractivity contribution is -0.139. The van der Waals surface area contributed by atoms with E-state index in [2.05, 4.69) is 0 Å². The first-order chi connectivity index (χ1) is 6.46. The third-order valence-electron chi connectivity index (χ3n) is 2.44. The summed E-state index contributed by atoms with van der Waals surface area (Å²) in [5.74, 6) is -1.01. The van der Waals surface area contributed by atoms with Crippen molar-refractivity contribution in [2.75, 3.05) is 13.2 Å². The average molecular weight is 220 g/mol. The summed E-state index contributed by atoms with van der Waals surface area (Å²) in [5, 5.41) is 8.78. The van der Waals surface area contributed by atoms with Gasteiger partial charge in [0.25, 0.3) is 0 Å². The van der Waals surface area contributed by atoms with Crippen LogP contribution in [0.15, 0.2) is 0 Å². The Balaban J connectivity index is 2.67. The standard InChI is InChI=1S/C9H16O4S/c1-9(2,8(10)11)14(12)7-4-3-5-13-6-7/h7H,3-6H2,1-2H3,(H,10,11). The van der Waals surface area contributed by atoms with Crippen molar-refractivity contribution in [3.05, 3.63) is 0 Å². The van der Waals surface area contributed by atoms with E-state index in [0.717, 1.165) is 12.8 Å². The van der Waals surface area contributed by atoms with Crippen molar-refractivity contribution >= 4 is 16.8 Å². The zero-order chi connectivity index (χ0) is 10.8. The van der Waals surface area contributed by atoms with Crippen molar-refractivity contribution in [1.29, 1.82) is 0 Å². The number of carbonyl (C=O) groups is 1. The highest BCUT2D eigenvalue weighted by Crippen LogP contribution is 2.22. The Labute approximate surface area is 86.1 Å². The van der Waals surface area contributed by atoms with E-state index in [-0.39, 0.29) is 5.25 Å². The lowest BCUT2D eigenvalue weighted by atomic mass is 10.2. The van der Waals surface area contributed by atoms with Crippen LogP contribution < -0.4 is 0 Å². The Morgan fingerprint density at radius 1 is 1.57 bits per heavy atom. The molecule has 2 unspecified atom stereocenters. The summed E-state index contributed by atoms with van der Waals surface area (Å²) >= 11 is 0. The minimum Gasteiger partial charge on any atom is -0.480 e. The Hall–Kier alpha value is -0.420. The Kier molecular flexibility index (Phi) is 3.66. The molecular formula is C9H16O4S. The molecule has 0 radical (unpaired) electrons. The Morgan fingerprint density at radius 2 is 2.21 bits per heavy atom. The van der Waals surface area contributed by atoms with Crippen molar-refractivity contribution in [2.24, 2.45) is 0 Å². The number of carboxylic acid groups (broad SMARTS) is 1. The second-order valence-electron chi connectivity index (χ2n) is 3.95. The van der Waals surface area contributed by atoms with Crippen molar-refractivity contribution in [2.45, 2.75) is 36.7 Å². The van der Waals surface area contributed by atoms with E-state index in [4.69, 9.17) is 9.84 Å². The van der Waals surface area contributed by atoms with Crippen LogP contribution in [0.25, 0.3) is 0 Å². The maximum Gasteiger partial charge on any atom is 0.321 e. The fourth-order valence-electron chi connectivity index (χ4n) is 1.38. The van der Waals surface area contributed by atoms with Gasteiger partial charge >= 0.3 is 5.97 Å². The minimum absolute atomic E-state index is 0.130. The van der Waals surface area contributed by atoms with Gasteiger partial charge in [-0.05, 0) is 26.7 Å². The van der Waals surface area contributed by atoms with Crippen molar-refractivity contribution in [3.63, 3.8) is 0 Å². The molecule has 1 saturated heterocycles. The molecule has 4 nitrogen and oxygen atoms in total. The SMILES string of the molecule is CC(C)(C(=O)O)S(=O)C1CCCOC1. The topological polar surface area (TPSA) is 63.6 Å². The number of rotatable bonds is 3. The number of ether oxygens (including phenoxy) is 1. The van der Waals surface area contributed by atoms with Gasteiger partial charge in [-0.2, -0.15) is 0 Å². The maximum atomic E-state index is 11.9. The molecule has 1 aliphatic rings. The smallest absolute Gasteiger partial charge is 0.321 e. The molecule has 1 rings (SSSR count). The highest BCUT2D eigenvalue weighted by molar-refractivity contribution is 7.87. The molecule has 0 aliphatic carbocycles. The van der Waals surface area contributed by atoms with Crippen LogP contribution in [0.3, 0.4) is 0 Å². The molecule has 14 heavy (non-hydrogen) atoms. The molecule has 0 aromatic heterocycles. The average Bonchev–Trinajstić information content (AvgIpc) is 2.17. The Bertz CT molecular complexity index is 243. The fourth-order valence-corrected chi connectivity index (χ4v) is 2.99. The number of aliphatic carboxylic acids is 1. The molecule has 0 aromatic rings. The van der Waals surface area contributed by atoms with Gasteiger partial charge in [-0.3, -0.25) is 9.00 Å². The summed E-state index contributed by atoms with van der Waals surface area (Å²) in [7, 11) is -1.37. The zero-order valence-electron chi connectivity index (χ0n) is 8.49. The summed E-state index contributed by atoms with van der Waals surface area (Å²) in [6, 6.07) is 0. The lowest BCUT2D eigenvalue weighted by Crippen LogP contribution is -2.44. The van der Waals surface area contributed by atoms with Gasteiger partial charge in [0, 0.05) is 17.4 Å². The monoisotopic (exact) mass is 220 g/mol. The minimum atomic E-state index is -1.37. The van der Waals surface area contributed by atoms with Gasteiger partial charge in [0.2, 0.25) is 0 Å². The third kappa shape index (κ3) is 2.33. The highest BCUT2D eigenvalue weighted by Gasteiger charge is 2.39. The summed E-state index contributed by atoms with van der Waals surface area (Å²) in [5.41, 5.74) is 0. The molecule has 1 heterocycles. The molecule has 0 bridgehead atoms. The normalized spacial score (nSPS) is 25.7. The van der Waals surface area contributed by atoms with E-state index in [0.29, 0.717) is 13.2 Å². The van der Waals surface area contributed by atoms with Gasteiger partial charge in [-0.25, -0.2) is 0 Å². The van der Waals surface area contributed by atoms with Crippen LogP contribution in [-0.2, 0) is 20.3 Å². The summed E-state index contributed by atoms with van der Waals surface area (Å²) in [6.45, 7) is 4.12. The van der Waals surface area contributed by atoms with Crippen LogP contribution in [0.5, 0.6) is 0 Å². The van der Waals surface area contributed by atoms with Gasteiger partial charge in [-0.1, -0.05) is 0 Å². The predicted molar refractivity (Wildman–Crippen MR) is 53.7 cm³/mol. The maximum absolute atomic E-state index is 11.9. The summed E-state index contributed by atoms with van der Waals surface area (Å²) in [6.07, 6.45) is 1.66. The Morgan fingerprint density at radius 3 is 2.64 bits per heavy atom. The van der Waals surface area contributed by atoms with Crippen LogP contribution in [-0.4, -0.2) is 38.5 Å². The van der Waals surface area contributed by atoms with Crippen molar-refractivity contribution in [1.82, 2.24) is 0 Å². The largest absolute Gasteiger partial charge is 0.480 e. The molecular weight excluding hydrogens is 204 g/mol. The summed E-state index contributed by atoms with van der Waals surface area (Å²) in [4.78, 5) is 10.9. The first kappa shape index (κ1) is 11.7. The van der Waals surface area contributed by atoms with Gasteiger partial charge in [0.15, 0.2) is 0 Å². The quantitative estimate of drug-likeness (QED) is 0.763. The van der Waals surface area contributed by atoms with Crippen molar-refractivity contribution < 1.29 is 18.8 Å². The van der Waals surface area contributed by atoms with E-state index in [1.807, 2.05) is 0 Å². The van der Waals surface area contributed by atoms with Crippen LogP contribution in [0, 0.1) is 0 Å². The van der Waals surface area contributed by atoms with Crippen LogP contribution in [0.4, 0.5) is 0 Å². The van der Waals surface area contributed by atoms with E-state index >= 15 is 0 Å². The zero-order valence-corrected chi connectivity index (χ0v) is 9.30. The van der Waals surface area contributed by atoms with Gasteiger partial charge in [0.1, 0.15) is 4.75 Å². The van der Waals surface area contributed by atoms with E-state index < -0.39 is 21.5 Å². The van der Waals surface area contributed by atoms with E-state index in [1.54, 1.807) is 0 Å². The van der Waals surface area contributed by atoms with Gasteiger partial charge < -0.3 is 9.84 Å². The number of carboxylic acids is 1.